The summed E-state index contributed by atoms with van der Waals surface area (Å²) in [6, 6.07) is 0. The molecule has 0 aliphatic carbocycles. The highest BCUT2D eigenvalue weighted by Gasteiger charge is 2.31. The van der Waals surface area contributed by atoms with Gasteiger partial charge in [0.05, 0.1) is 17.0 Å². The Morgan fingerprint density at radius 3 is 2.56 bits per heavy atom. The first-order chi connectivity index (χ1) is 8.22. The van der Waals surface area contributed by atoms with Crippen molar-refractivity contribution in [1.82, 2.24) is 9.88 Å². The van der Waals surface area contributed by atoms with Gasteiger partial charge in [-0.05, 0) is 20.8 Å². The fourth-order valence-electron chi connectivity index (χ4n) is 1.39. The van der Waals surface area contributed by atoms with Gasteiger partial charge >= 0.3 is 5.97 Å². The van der Waals surface area contributed by atoms with Crippen LogP contribution < -0.4 is 0 Å². The zero-order valence-electron chi connectivity index (χ0n) is 11.1. The summed E-state index contributed by atoms with van der Waals surface area (Å²) in [7, 11) is 1.68. The molecule has 100 valence electrons. The number of carbonyl (C=O) groups excluding carboxylic acids is 1. The number of aryl methyl sites for hydroxylation is 1. The van der Waals surface area contributed by atoms with E-state index in [2.05, 4.69) is 4.98 Å². The zero-order valence-corrected chi connectivity index (χ0v) is 11.9. The number of rotatable bonds is 5. The van der Waals surface area contributed by atoms with Crippen molar-refractivity contribution in [2.24, 2.45) is 5.41 Å². The van der Waals surface area contributed by atoms with Gasteiger partial charge in [0.15, 0.2) is 0 Å². The van der Waals surface area contributed by atoms with E-state index in [1.54, 1.807) is 27.1 Å². The standard InChI is InChI=1S/C12H18N2O3S/c1-8-13-6-9(18-8)7-14(4)10(15)5-12(2,3)11(16)17/h6H,5,7H2,1-4H3,(H,16,17). The van der Waals surface area contributed by atoms with Crippen LogP contribution >= 0.6 is 11.3 Å². The maximum absolute atomic E-state index is 11.9. The van der Waals surface area contributed by atoms with E-state index in [1.807, 2.05) is 6.92 Å². The Kier molecular flexibility index (Phi) is 4.45. The molecule has 0 aliphatic heterocycles. The summed E-state index contributed by atoms with van der Waals surface area (Å²) >= 11 is 1.54. The number of hydrogen-bond acceptors (Lipinski definition) is 4. The number of hydrogen-bond donors (Lipinski definition) is 1. The summed E-state index contributed by atoms with van der Waals surface area (Å²) in [5.74, 6) is -1.13. The average Bonchev–Trinajstić information content (AvgIpc) is 2.63. The van der Waals surface area contributed by atoms with Crippen LogP contribution in [-0.4, -0.2) is 33.9 Å². The average molecular weight is 270 g/mol. The van der Waals surface area contributed by atoms with Crippen LogP contribution in [0.15, 0.2) is 6.20 Å². The molecule has 0 spiro atoms. The maximum atomic E-state index is 11.9. The van der Waals surface area contributed by atoms with E-state index in [1.165, 1.54) is 16.2 Å². The third kappa shape index (κ3) is 3.80. The first-order valence-corrected chi connectivity index (χ1v) is 6.42. The molecular formula is C12H18N2O3S. The highest BCUT2D eigenvalue weighted by molar-refractivity contribution is 7.11. The number of aromatic nitrogens is 1. The molecule has 0 unspecified atom stereocenters. The smallest absolute Gasteiger partial charge is 0.309 e. The Morgan fingerprint density at radius 2 is 2.11 bits per heavy atom. The summed E-state index contributed by atoms with van der Waals surface area (Å²) in [6.45, 7) is 5.49. The van der Waals surface area contributed by atoms with E-state index in [9.17, 15) is 9.59 Å². The Hall–Kier alpha value is -1.43. The number of carboxylic acid groups (broad SMARTS) is 1. The molecule has 1 amide bonds. The molecule has 0 fully saturated rings. The van der Waals surface area contributed by atoms with E-state index >= 15 is 0 Å². The van der Waals surface area contributed by atoms with Gasteiger partial charge in [0.2, 0.25) is 5.91 Å². The molecule has 1 heterocycles. The van der Waals surface area contributed by atoms with Crippen molar-refractivity contribution in [2.45, 2.75) is 33.7 Å². The van der Waals surface area contributed by atoms with E-state index in [0.29, 0.717) is 6.54 Å². The molecule has 1 aromatic heterocycles. The van der Waals surface area contributed by atoms with Crippen molar-refractivity contribution >= 4 is 23.2 Å². The molecule has 5 nitrogen and oxygen atoms in total. The Labute approximate surface area is 110 Å². The lowest BCUT2D eigenvalue weighted by molar-refractivity contribution is -0.151. The zero-order chi connectivity index (χ0) is 13.9. The first-order valence-electron chi connectivity index (χ1n) is 5.61. The van der Waals surface area contributed by atoms with E-state index < -0.39 is 11.4 Å². The van der Waals surface area contributed by atoms with Gasteiger partial charge in [-0.25, -0.2) is 4.98 Å². The molecule has 0 saturated heterocycles. The Bertz CT molecular complexity index is 454. The number of carbonyl (C=O) groups is 2. The summed E-state index contributed by atoms with van der Waals surface area (Å²) < 4.78 is 0. The number of aliphatic carboxylic acids is 1. The second-order valence-electron chi connectivity index (χ2n) is 4.96. The lowest BCUT2D eigenvalue weighted by Crippen LogP contribution is -2.34. The molecule has 0 aromatic carbocycles. The maximum Gasteiger partial charge on any atom is 0.309 e. The van der Waals surface area contributed by atoms with Crippen LogP contribution in [0.4, 0.5) is 0 Å². The predicted octanol–water partition coefficient (Wildman–Crippen LogP) is 1.91. The minimum absolute atomic E-state index is 0.00335. The van der Waals surface area contributed by atoms with Crippen molar-refractivity contribution < 1.29 is 14.7 Å². The van der Waals surface area contributed by atoms with Crippen LogP contribution in [-0.2, 0) is 16.1 Å². The quantitative estimate of drug-likeness (QED) is 0.887. The lowest BCUT2D eigenvalue weighted by Gasteiger charge is -2.22. The minimum atomic E-state index is -1.03. The van der Waals surface area contributed by atoms with Crippen molar-refractivity contribution in [3.8, 4) is 0 Å². The van der Waals surface area contributed by atoms with Gasteiger partial charge in [0.1, 0.15) is 0 Å². The van der Waals surface area contributed by atoms with Crippen molar-refractivity contribution in [2.75, 3.05) is 7.05 Å². The molecule has 1 rings (SSSR count). The van der Waals surface area contributed by atoms with Crippen LogP contribution in [0.1, 0.15) is 30.2 Å². The summed E-state index contributed by atoms with van der Waals surface area (Å²) in [5.41, 5.74) is -1.03. The number of carboxylic acids is 1. The summed E-state index contributed by atoms with van der Waals surface area (Å²) in [4.78, 5) is 29.5. The molecule has 0 bridgehead atoms. The molecule has 0 aliphatic rings. The van der Waals surface area contributed by atoms with Crippen molar-refractivity contribution in [3.05, 3.63) is 16.1 Å². The van der Waals surface area contributed by atoms with Gasteiger partial charge in [-0.2, -0.15) is 0 Å². The molecule has 0 atom stereocenters. The third-order valence-electron chi connectivity index (χ3n) is 2.66. The largest absolute Gasteiger partial charge is 0.481 e. The predicted molar refractivity (Wildman–Crippen MR) is 69.4 cm³/mol. The van der Waals surface area contributed by atoms with Gasteiger partial charge in [-0.15, -0.1) is 11.3 Å². The molecule has 1 N–H and O–H groups in total. The normalized spacial score (nSPS) is 11.3. The van der Waals surface area contributed by atoms with Crippen LogP contribution in [0, 0.1) is 12.3 Å². The van der Waals surface area contributed by atoms with Crippen LogP contribution in [0.2, 0.25) is 0 Å². The third-order valence-corrected chi connectivity index (χ3v) is 3.56. The van der Waals surface area contributed by atoms with E-state index in [0.717, 1.165) is 9.88 Å². The first kappa shape index (κ1) is 14.6. The van der Waals surface area contributed by atoms with E-state index in [-0.39, 0.29) is 12.3 Å². The van der Waals surface area contributed by atoms with E-state index in [4.69, 9.17) is 5.11 Å². The Morgan fingerprint density at radius 1 is 1.50 bits per heavy atom. The second-order valence-corrected chi connectivity index (χ2v) is 6.28. The van der Waals surface area contributed by atoms with Gasteiger partial charge < -0.3 is 10.0 Å². The fourth-order valence-corrected chi connectivity index (χ4v) is 2.24. The summed E-state index contributed by atoms with van der Waals surface area (Å²) in [5, 5.41) is 9.94. The lowest BCUT2D eigenvalue weighted by atomic mass is 9.89. The highest BCUT2D eigenvalue weighted by atomic mass is 32.1. The topological polar surface area (TPSA) is 70.5 Å². The molecule has 1 aromatic rings. The fraction of sp³-hybridized carbons (Fsp3) is 0.583. The highest BCUT2D eigenvalue weighted by Crippen LogP contribution is 2.22. The Balaban J connectivity index is 2.59. The molecule has 6 heteroatoms. The SMILES string of the molecule is Cc1ncc(CN(C)C(=O)CC(C)(C)C(=O)O)s1. The molecule has 18 heavy (non-hydrogen) atoms. The monoisotopic (exact) mass is 270 g/mol. The second kappa shape index (κ2) is 5.48. The van der Waals surface area contributed by atoms with Gasteiger partial charge in [0.25, 0.3) is 0 Å². The van der Waals surface area contributed by atoms with Crippen LogP contribution in [0.25, 0.3) is 0 Å². The number of amides is 1. The molecule has 0 saturated carbocycles. The van der Waals surface area contributed by atoms with Crippen molar-refractivity contribution in [1.29, 1.82) is 0 Å². The number of nitrogens with zero attached hydrogens (tertiary/aromatic N) is 2. The summed E-state index contributed by atoms with van der Waals surface area (Å²) in [6.07, 6.45) is 1.74. The van der Waals surface area contributed by atoms with Gasteiger partial charge in [0, 0.05) is 24.5 Å². The van der Waals surface area contributed by atoms with Gasteiger partial charge in [-0.3, -0.25) is 9.59 Å². The molecule has 0 radical (unpaired) electrons. The van der Waals surface area contributed by atoms with Crippen molar-refractivity contribution in [3.63, 3.8) is 0 Å². The molecular weight excluding hydrogens is 252 g/mol. The minimum Gasteiger partial charge on any atom is -0.481 e. The van der Waals surface area contributed by atoms with Crippen LogP contribution in [0.3, 0.4) is 0 Å². The van der Waals surface area contributed by atoms with Crippen LogP contribution in [0.5, 0.6) is 0 Å². The van der Waals surface area contributed by atoms with Gasteiger partial charge in [-0.1, -0.05) is 0 Å². The number of thiazole rings is 1.